The highest BCUT2D eigenvalue weighted by Gasteiger charge is 2.08. The fourth-order valence-electron chi connectivity index (χ4n) is 1.32. The van der Waals surface area contributed by atoms with Crippen LogP contribution in [0.4, 0.5) is 0 Å². The third kappa shape index (κ3) is 2.82. The lowest BCUT2D eigenvalue weighted by Gasteiger charge is -2.00. The van der Waals surface area contributed by atoms with Gasteiger partial charge in [0.15, 0.2) is 5.78 Å². The molecule has 0 radical (unpaired) electrons. The second kappa shape index (κ2) is 4.97. The molecule has 0 saturated carbocycles. The first kappa shape index (κ1) is 11.6. The van der Waals surface area contributed by atoms with Crippen molar-refractivity contribution in [2.24, 2.45) is 0 Å². The number of allylic oxidation sites excluding steroid dienone is 1. The molecule has 0 spiro atoms. The summed E-state index contributed by atoms with van der Waals surface area (Å²) in [6.45, 7) is 0. The Bertz CT molecular complexity index is 562. The summed E-state index contributed by atoms with van der Waals surface area (Å²) in [4.78, 5) is 18.6. The normalized spacial score (nSPS) is 10.9. The number of benzene rings is 1. The maximum atomic E-state index is 11.8. The average molecular weight is 293 g/mol. The van der Waals surface area contributed by atoms with E-state index >= 15 is 0 Å². The molecule has 1 aromatic carbocycles. The van der Waals surface area contributed by atoms with E-state index in [4.69, 9.17) is 0 Å². The van der Waals surface area contributed by atoms with Crippen molar-refractivity contribution in [1.82, 2.24) is 9.97 Å². The molecule has 2 aromatic rings. The van der Waals surface area contributed by atoms with Crippen molar-refractivity contribution in [2.45, 2.75) is 0 Å². The number of carbonyl (C=O) groups is 1. The van der Waals surface area contributed by atoms with Gasteiger partial charge < -0.3 is 10.1 Å². The van der Waals surface area contributed by atoms with Crippen molar-refractivity contribution in [1.29, 1.82) is 0 Å². The number of halogens is 1. The third-order valence-corrected chi connectivity index (χ3v) is 2.63. The number of aromatic hydroxyl groups is 1. The molecule has 0 bridgehead atoms. The molecular weight excluding hydrogens is 284 g/mol. The number of phenolic OH excluding ortho intramolecular Hbond substituents is 1. The van der Waals surface area contributed by atoms with E-state index in [1.807, 2.05) is 0 Å². The van der Waals surface area contributed by atoms with Crippen LogP contribution in [0.5, 0.6) is 5.75 Å². The number of nitrogens with one attached hydrogen (secondary N) is 1. The fourth-order valence-corrected chi connectivity index (χ4v) is 1.68. The quantitative estimate of drug-likeness (QED) is 0.675. The van der Waals surface area contributed by atoms with Crippen LogP contribution in [0.3, 0.4) is 0 Å². The van der Waals surface area contributed by atoms with E-state index in [0.29, 0.717) is 5.82 Å². The first-order chi connectivity index (χ1) is 8.16. The zero-order valence-electron chi connectivity index (χ0n) is 8.72. The van der Waals surface area contributed by atoms with Crippen LogP contribution in [0.2, 0.25) is 0 Å². The number of rotatable bonds is 3. The van der Waals surface area contributed by atoms with Gasteiger partial charge in [-0.15, -0.1) is 0 Å². The van der Waals surface area contributed by atoms with E-state index in [2.05, 4.69) is 25.9 Å². The summed E-state index contributed by atoms with van der Waals surface area (Å²) in [5.41, 5.74) is 0.252. The summed E-state index contributed by atoms with van der Waals surface area (Å²) in [5.74, 6) is 0.273. The van der Waals surface area contributed by atoms with E-state index in [0.717, 1.165) is 4.47 Å². The summed E-state index contributed by atoms with van der Waals surface area (Å²) in [6.07, 6.45) is 6.18. The van der Waals surface area contributed by atoms with Gasteiger partial charge in [0.05, 0.1) is 5.56 Å². The first-order valence-electron chi connectivity index (χ1n) is 4.87. The van der Waals surface area contributed by atoms with E-state index in [9.17, 15) is 9.90 Å². The summed E-state index contributed by atoms with van der Waals surface area (Å²) >= 11 is 3.25. The molecule has 5 heteroatoms. The Morgan fingerprint density at radius 1 is 1.47 bits per heavy atom. The van der Waals surface area contributed by atoms with Crippen molar-refractivity contribution < 1.29 is 9.90 Å². The molecule has 0 unspecified atom stereocenters. The number of hydrogen-bond acceptors (Lipinski definition) is 3. The Balaban J connectivity index is 2.23. The van der Waals surface area contributed by atoms with Crippen LogP contribution in [0, 0.1) is 0 Å². The van der Waals surface area contributed by atoms with Crippen molar-refractivity contribution in [3.8, 4) is 5.75 Å². The maximum absolute atomic E-state index is 11.8. The van der Waals surface area contributed by atoms with Gasteiger partial charge in [-0.3, -0.25) is 4.79 Å². The molecule has 0 aliphatic heterocycles. The van der Waals surface area contributed by atoms with Crippen molar-refractivity contribution in [2.75, 3.05) is 0 Å². The third-order valence-electron chi connectivity index (χ3n) is 2.14. The van der Waals surface area contributed by atoms with Gasteiger partial charge >= 0.3 is 0 Å². The van der Waals surface area contributed by atoms with Gasteiger partial charge in [0.1, 0.15) is 11.6 Å². The molecule has 0 atom stereocenters. The topological polar surface area (TPSA) is 66.0 Å². The Morgan fingerprint density at radius 3 is 3.00 bits per heavy atom. The average Bonchev–Trinajstić information content (AvgIpc) is 2.82. The van der Waals surface area contributed by atoms with E-state index in [1.165, 1.54) is 12.1 Å². The number of phenols is 1. The van der Waals surface area contributed by atoms with Gasteiger partial charge in [0.2, 0.25) is 0 Å². The molecule has 1 heterocycles. The van der Waals surface area contributed by atoms with Crippen LogP contribution in [-0.4, -0.2) is 20.9 Å². The molecule has 0 saturated heterocycles. The minimum Gasteiger partial charge on any atom is -0.507 e. The molecule has 2 rings (SSSR count). The lowest BCUT2D eigenvalue weighted by atomic mass is 10.1. The van der Waals surface area contributed by atoms with E-state index < -0.39 is 0 Å². The van der Waals surface area contributed by atoms with E-state index in [-0.39, 0.29) is 17.1 Å². The minimum absolute atomic E-state index is 0.0395. The zero-order valence-corrected chi connectivity index (χ0v) is 10.3. The number of imidazole rings is 1. The highest BCUT2D eigenvalue weighted by molar-refractivity contribution is 9.10. The molecule has 2 N–H and O–H groups in total. The molecule has 0 aliphatic carbocycles. The number of hydrogen-bond donors (Lipinski definition) is 2. The Labute approximate surface area is 106 Å². The molecule has 0 aliphatic rings. The second-order valence-corrected chi connectivity index (χ2v) is 4.25. The number of aromatic amines is 1. The summed E-state index contributed by atoms with van der Waals surface area (Å²) in [6, 6.07) is 4.71. The zero-order chi connectivity index (χ0) is 12.3. The van der Waals surface area contributed by atoms with Gasteiger partial charge in [-0.25, -0.2) is 4.98 Å². The SMILES string of the molecule is O=C(C=Cc1ncc[nH]1)c1cc(Br)ccc1O. The number of H-pyrrole nitrogens is 1. The summed E-state index contributed by atoms with van der Waals surface area (Å²) in [5, 5.41) is 9.56. The molecule has 4 nitrogen and oxygen atoms in total. The van der Waals surface area contributed by atoms with Crippen molar-refractivity contribution in [3.05, 3.63) is 52.5 Å². The highest BCUT2D eigenvalue weighted by Crippen LogP contribution is 2.22. The minimum atomic E-state index is -0.278. The largest absolute Gasteiger partial charge is 0.507 e. The van der Waals surface area contributed by atoms with Crippen LogP contribution < -0.4 is 0 Å². The number of carbonyl (C=O) groups excluding carboxylic acids is 1. The molecule has 17 heavy (non-hydrogen) atoms. The number of nitrogens with zero attached hydrogens (tertiary/aromatic N) is 1. The molecule has 1 aromatic heterocycles. The van der Waals surface area contributed by atoms with Crippen LogP contribution >= 0.6 is 15.9 Å². The van der Waals surface area contributed by atoms with Crippen LogP contribution in [-0.2, 0) is 0 Å². The predicted molar refractivity (Wildman–Crippen MR) is 67.8 cm³/mol. The monoisotopic (exact) mass is 292 g/mol. The fraction of sp³-hybridized carbons (Fsp3) is 0. The van der Waals surface area contributed by atoms with Gasteiger partial charge in [0, 0.05) is 16.9 Å². The molecule has 86 valence electrons. The standard InChI is InChI=1S/C12H9BrN2O2/c13-8-1-2-10(16)9(7-8)11(17)3-4-12-14-5-6-15-12/h1-7,16H,(H,14,15). The highest BCUT2D eigenvalue weighted by atomic mass is 79.9. The van der Waals surface area contributed by atoms with E-state index in [1.54, 1.807) is 30.6 Å². The molecule has 0 fully saturated rings. The smallest absolute Gasteiger partial charge is 0.189 e. The number of aromatic nitrogens is 2. The molecule has 0 amide bonds. The Kier molecular flexibility index (Phi) is 3.39. The van der Waals surface area contributed by atoms with Gasteiger partial charge in [0.25, 0.3) is 0 Å². The van der Waals surface area contributed by atoms with Gasteiger partial charge in [-0.1, -0.05) is 15.9 Å². The summed E-state index contributed by atoms with van der Waals surface area (Å²) < 4.78 is 0.741. The first-order valence-corrected chi connectivity index (χ1v) is 5.66. The Morgan fingerprint density at radius 2 is 2.29 bits per heavy atom. The lowest BCUT2D eigenvalue weighted by molar-refractivity contribution is 0.104. The van der Waals surface area contributed by atoms with Crippen molar-refractivity contribution >= 4 is 27.8 Å². The van der Waals surface area contributed by atoms with Crippen LogP contribution in [0.25, 0.3) is 6.08 Å². The molecular formula is C12H9BrN2O2. The maximum Gasteiger partial charge on any atom is 0.189 e. The Hall–Kier alpha value is -1.88. The predicted octanol–water partition coefficient (Wildman–Crippen LogP) is 2.77. The lowest BCUT2D eigenvalue weighted by Crippen LogP contribution is -1.95. The van der Waals surface area contributed by atoms with Crippen LogP contribution in [0.1, 0.15) is 16.2 Å². The summed E-state index contributed by atoms with van der Waals surface area (Å²) in [7, 11) is 0. The number of ketones is 1. The second-order valence-electron chi connectivity index (χ2n) is 3.33. The van der Waals surface area contributed by atoms with Gasteiger partial charge in [-0.05, 0) is 30.4 Å². The van der Waals surface area contributed by atoms with Gasteiger partial charge in [-0.2, -0.15) is 0 Å². The van der Waals surface area contributed by atoms with Crippen LogP contribution in [0.15, 0.2) is 41.1 Å². The van der Waals surface area contributed by atoms with Crippen molar-refractivity contribution in [3.63, 3.8) is 0 Å².